The van der Waals surface area contributed by atoms with Gasteiger partial charge in [-0.2, -0.15) is 8.78 Å². The van der Waals surface area contributed by atoms with E-state index in [1.807, 2.05) is 0 Å². The summed E-state index contributed by atoms with van der Waals surface area (Å²) < 4.78 is 56.1. The molecule has 0 spiro atoms. The fourth-order valence-electron chi connectivity index (χ4n) is 2.51. The van der Waals surface area contributed by atoms with Crippen LogP contribution < -0.4 is 14.8 Å². The molecule has 0 atom stereocenters. The minimum absolute atomic E-state index is 0.0249. The van der Waals surface area contributed by atoms with E-state index in [2.05, 4.69) is 14.8 Å². The van der Waals surface area contributed by atoms with Crippen molar-refractivity contribution in [3.63, 3.8) is 0 Å². The molecule has 3 rings (SSSR count). The van der Waals surface area contributed by atoms with E-state index >= 15 is 0 Å². The maximum absolute atomic E-state index is 12.4. The molecule has 1 aliphatic carbocycles. The fourth-order valence-corrected chi connectivity index (χ4v) is 3.82. The van der Waals surface area contributed by atoms with Crippen LogP contribution in [0.2, 0.25) is 0 Å². The topological polar surface area (TPSA) is 84.5 Å². The first-order valence-electron chi connectivity index (χ1n) is 8.94. The van der Waals surface area contributed by atoms with Crippen LogP contribution >= 0.6 is 0 Å². The van der Waals surface area contributed by atoms with Crippen molar-refractivity contribution in [3.8, 4) is 5.75 Å². The van der Waals surface area contributed by atoms with Gasteiger partial charge in [0.05, 0.1) is 4.90 Å². The molecule has 0 bridgehead atoms. The Morgan fingerprint density at radius 1 is 1.14 bits per heavy atom. The fraction of sp³-hybridized carbons (Fsp3) is 0.250. The molecule has 154 valence electrons. The lowest BCUT2D eigenvalue weighted by Gasteiger charge is -2.08. The second kappa shape index (κ2) is 9.15. The Balaban J connectivity index is 1.55. The van der Waals surface area contributed by atoms with E-state index in [1.165, 1.54) is 30.4 Å². The number of ether oxygens (including phenoxy) is 1. The van der Waals surface area contributed by atoms with E-state index in [1.54, 1.807) is 30.3 Å². The Bertz CT molecular complexity index is 988. The van der Waals surface area contributed by atoms with E-state index in [0.29, 0.717) is 5.56 Å². The van der Waals surface area contributed by atoms with Gasteiger partial charge in [0, 0.05) is 24.2 Å². The first-order valence-corrected chi connectivity index (χ1v) is 10.4. The van der Waals surface area contributed by atoms with Crippen molar-refractivity contribution in [2.45, 2.75) is 36.9 Å². The summed E-state index contributed by atoms with van der Waals surface area (Å²) in [4.78, 5) is 12.2. The normalized spacial score (nSPS) is 14.3. The molecule has 1 saturated carbocycles. The van der Waals surface area contributed by atoms with Gasteiger partial charge in [-0.25, -0.2) is 13.1 Å². The third-order valence-electron chi connectivity index (χ3n) is 4.15. The largest absolute Gasteiger partial charge is 0.434 e. The van der Waals surface area contributed by atoms with E-state index in [9.17, 15) is 22.0 Å². The Morgan fingerprint density at radius 3 is 2.48 bits per heavy atom. The molecule has 0 heterocycles. The zero-order chi connectivity index (χ0) is 20.9. The summed E-state index contributed by atoms with van der Waals surface area (Å²) in [7, 11) is -3.51. The van der Waals surface area contributed by atoms with Gasteiger partial charge >= 0.3 is 6.61 Å². The van der Waals surface area contributed by atoms with Gasteiger partial charge in [-0.1, -0.05) is 30.3 Å². The van der Waals surface area contributed by atoms with Crippen molar-refractivity contribution in [1.29, 1.82) is 0 Å². The van der Waals surface area contributed by atoms with Gasteiger partial charge in [0.25, 0.3) is 0 Å². The summed E-state index contributed by atoms with van der Waals surface area (Å²) in [5.41, 5.74) is 1.07. The molecule has 0 unspecified atom stereocenters. The van der Waals surface area contributed by atoms with Gasteiger partial charge in [-0.3, -0.25) is 4.79 Å². The highest BCUT2D eigenvalue weighted by Crippen LogP contribution is 2.23. The molecule has 1 aliphatic rings. The molecule has 2 N–H and O–H groups in total. The van der Waals surface area contributed by atoms with Gasteiger partial charge < -0.3 is 10.1 Å². The average Bonchev–Trinajstić information content (AvgIpc) is 3.49. The van der Waals surface area contributed by atoms with Crippen molar-refractivity contribution in [3.05, 3.63) is 65.7 Å². The first kappa shape index (κ1) is 20.9. The number of rotatable bonds is 9. The standard InChI is InChI=1S/C20H20F2N2O4S/c21-20(22)28-18-4-2-1-3-15(18)7-12-19(25)23-13-14-5-10-17(11-6-14)29(26,27)24-16-8-9-16/h1-7,10-12,16,20,24H,8-9,13H2,(H,23,25)/b12-7+. The third-order valence-corrected chi connectivity index (χ3v) is 5.69. The maximum atomic E-state index is 12.4. The number of hydrogen-bond acceptors (Lipinski definition) is 4. The molecule has 2 aromatic rings. The van der Waals surface area contributed by atoms with Gasteiger partial charge in [-0.05, 0) is 42.7 Å². The van der Waals surface area contributed by atoms with E-state index < -0.39 is 22.5 Å². The lowest BCUT2D eigenvalue weighted by Crippen LogP contribution is -2.25. The smallest absolute Gasteiger partial charge is 0.387 e. The van der Waals surface area contributed by atoms with E-state index in [4.69, 9.17) is 0 Å². The zero-order valence-corrected chi connectivity index (χ0v) is 16.2. The number of hydrogen-bond donors (Lipinski definition) is 2. The Morgan fingerprint density at radius 2 is 1.83 bits per heavy atom. The van der Waals surface area contributed by atoms with Crippen molar-refractivity contribution in [2.24, 2.45) is 0 Å². The van der Waals surface area contributed by atoms with Crippen LogP contribution in [0.4, 0.5) is 8.78 Å². The van der Waals surface area contributed by atoms with Crippen molar-refractivity contribution in [2.75, 3.05) is 0 Å². The molecule has 2 aromatic carbocycles. The lowest BCUT2D eigenvalue weighted by molar-refractivity contribution is -0.116. The number of carbonyl (C=O) groups excluding carboxylic acids is 1. The number of sulfonamides is 1. The van der Waals surface area contributed by atoms with Gasteiger partial charge in [0.2, 0.25) is 15.9 Å². The Hall–Kier alpha value is -2.78. The second-order valence-corrected chi connectivity index (χ2v) is 8.22. The van der Waals surface area contributed by atoms with E-state index in [-0.39, 0.29) is 23.2 Å². The summed E-state index contributed by atoms with van der Waals surface area (Å²) in [6.45, 7) is -2.76. The molecule has 0 radical (unpaired) electrons. The van der Waals surface area contributed by atoms with Crippen LogP contribution in [-0.2, 0) is 21.4 Å². The number of halogens is 2. The molecule has 0 aromatic heterocycles. The molecular weight excluding hydrogens is 402 g/mol. The van der Waals surface area contributed by atoms with Gasteiger partial charge in [-0.15, -0.1) is 0 Å². The van der Waals surface area contributed by atoms with Crippen LogP contribution in [0, 0.1) is 0 Å². The minimum atomic E-state index is -3.51. The van der Waals surface area contributed by atoms with Crippen LogP contribution in [0.5, 0.6) is 5.75 Å². The van der Waals surface area contributed by atoms with Crippen LogP contribution in [0.3, 0.4) is 0 Å². The van der Waals surface area contributed by atoms with Crippen LogP contribution in [0.15, 0.2) is 59.5 Å². The van der Waals surface area contributed by atoms with Crippen molar-refractivity contribution < 1.29 is 26.7 Å². The van der Waals surface area contributed by atoms with Crippen LogP contribution in [-0.4, -0.2) is 27.0 Å². The predicted octanol–water partition coefficient (Wildman–Crippen LogP) is 3.06. The maximum Gasteiger partial charge on any atom is 0.387 e. The van der Waals surface area contributed by atoms with Gasteiger partial charge in [0.15, 0.2) is 0 Å². The molecular formula is C20H20F2N2O4S. The summed E-state index contributed by atoms with van der Waals surface area (Å²) >= 11 is 0. The summed E-state index contributed by atoms with van der Waals surface area (Å²) in [6, 6.07) is 12.4. The molecule has 1 fully saturated rings. The monoisotopic (exact) mass is 422 g/mol. The number of alkyl halides is 2. The van der Waals surface area contributed by atoms with E-state index in [0.717, 1.165) is 18.4 Å². The third kappa shape index (κ3) is 6.37. The highest BCUT2D eigenvalue weighted by molar-refractivity contribution is 7.89. The number of amides is 1. The minimum Gasteiger partial charge on any atom is -0.434 e. The number of para-hydroxylation sites is 1. The molecule has 6 nitrogen and oxygen atoms in total. The van der Waals surface area contributed by atoms with Crippen molar-refractivity contribution in [1.82, 2.24) is 10.0 Å². The lowest BCUT2D eigenvalue weighted by atomic mass is 10.2. The van der Waals surface area contributed by atoms with Crippen LogP contribution in [0.1, 0.15) is 24.0 Å². The predicted molar refractivity (Wildman–Crippen MR) is 104 cm³/mol. The number of nitrogens with one attached hydrogen (secondary N) is 2. The SMILES string of the molecule is O=C(/C=C/c1ccccc1OC(F)F)NCc1ccc(S(=O)(=O)NC2CC2)cc1. The first-order chi connectivity index (χ1) is 13.8. The summed E-state index contributed by atoms with van der Waals surface area (Å²) in [5.74, 6) is -0.452. The Labute approximate surface area is 167 Å². The average molecular weight is 422 g/mol. The number of carbonyl (C=O) groups is 1. The molecule has 1 amide bonds. The Kier molecular flexibility index (Phi) is 6.60. The van der Waals surface area contributed by atoms with Gasteiger partial charge in [0.1, 0.15) is 5.75 Å². The molecule has 9 heteroatoms. The highest BCUT2D eigenvalue weighted by atomic mass is 32.2. The zero-order valence-electron chi connectivity index (χ0n) is 15.3. The highest BCUT2D eigenvalue weighted by Gasteiger charge is 2.27. The molecule has 0 saturated heterocycles. The summed E-state index contributed by atoms with van der Waals surface area (Å²) in [5, 5.41) is 2.65. The number of benzene rings is 2. The van der Waals surface area contributed by atoms with Crippen LogP contribution in [0.25, 0.3) is 6.08 Å². The second-order valence-electron chi connectivity index (χ2n) is 6.51. The quantitative estimate of drug-likeness (QED) is 0.609. The summed E-state index contributed by atoms with van der Waals surface area (Å²) in [6.07, 6.45) is 4.31. The van der Waals surface area contributed by atoms with Crippen molar-refractivity contribution >= 4 is 22.0 Å². The molecule has 0 aliphatic heterocycles. The molecule has 29 heavy (non-hydrogen) atoms.